The first-order valence-electron chi connectivity index (χ1n) is 7.39. The van der Waals surface area contributed by atoms with Crippen LogP contribution in [0, 0.1) is 5.82 Å². The number of carbonyl (C=O) groups is 1. The van der Waals surface area contributed by atoms with Crippen molar-refractivity contribution in [3.63, 3.8) is 0 Å². The van der Waals surface area contributed by atoms with Gasteiger partial charge < -0.3 is 15.2 Å². The maximum atomic E-state index is 13.0. The quantitative estimate of drug-likeness (QED) is 0.830. The third-order valence-corrected chi connectivity index (χ3v) is 4.26. The minimum atomic E-state index is -0.380. The molecule has 0 aromatic heterocycles. The number of halogens is 1. The first-order valence-corrected chi connectivity index (χ1v) is 8.21. The molecule has 0 radical (unpaired) electrons. The zero-order valence-electron chi connectivity index (χ0n) is 13.4. The van der Waals surface area contributed by atoms with Crippen molar-refractivity contribution in [1.82, 2.24) is 0 Å². The second-order valence-corrected chi connectivity index (χ2v) is 6.22. The Morgan fingerprint density at radius 1 is 1.24 bits per heavy atom. The fraction of sp³-hybridized carbons (Fsp3) is 0.111. The van der Waals surface area contributed by atoms with Gasteiger partial charge in [0.25, 0.3) is 5.91 Å². The summed E-state index contributed by atoms with van der Waals surface area (Å²) in [5.41, 5.74) is 7.05. The normalized spacial score (nSPS) is 15.4. The van der Waals surface area contributed by atoms with Crippen LogP contribution < -0.4 is 15.2 Å². The summed E-state index contributed by atoms with van der Waals surface area (Å²) in [5.74, 6) is 0.331. The number of nitrogens with zero attached hydrogens (tertiary/aromatic N) is 1. The average Bonchev–Trinajstić information content (AvgIpc) is 2.92. The molecule has 0 unspecified atom stereocenters. The van der Waals surface area contributed by atoms with Crippen molar-refractivity contribution in [2.75, 3.05) is 7.11 Å². The van der Waals surface area contributed by atoms with Gasteiger partial charge in [-0.2, -0.15) is 4.99 Å². The van der Waals surface area contributed by atoms with Crippen molar-refractivity contribution in [3.8, 4) is 11.5 Å². The Morgan fingerprint density at radius 3 is 2.64 bits per heavy atom. The van der Waals surface area contributed by atoms with Gasteiger partial charge in [0.2, 0.25) is 0 Å². The standard InChI is InChI=1S/C18H15FN2O3S/c1-23-14-4-2-3-12(9-15-17(22)21-18(20)25-15)16(14)24-10-11-5-7-13(19)8-6-11/h2-9H,10H2,1H3,(H2,20,21,22). The Kier molecular flexibility index (Phi) is 5.04. The van der Waals surface area contributed by atoms with Crippen molar-refractivity contribution in [1.29, 1.82) is 0 Å². The zero-order chi connectivity index (χ0) is 17.8. The van der Waals surface area contributed by atoms with Gasteiger partial charge in [-0.05, 0) is 41.6 Å². The highest BCUT2D eigenvalue weighted by atomic mass is 32.2. The minimum Gasteiger partial charge on any atom is -0.493 e. The number of aliphatic imine (C=N–C) groups is 1. The van der Waals surface area contributed by atoms with E-state index in [4.69, 9.17) is 15.2 Å². The van der Waals surface area contributed by atoms with Crippen LogP contribution in [0.25, 0.3) is 6.08 Å². The topological polar surface area (TPSA) is 73.9 Å². The van der Waals surface area contributed by atoms with Gasteiger partial charge in [0.05, 0.1) is 12.0 Å². The number of para-hydroxylation sites is 1. The number of methoxy groups -OCH3 is 1. The number of benzene rings is 2. The van der Waals surface area contributed by atoms with E-state index in [0.717, 1.165) is 17.3 Å². The summed E-state index contributed by atoms with van der Waals surface area (Å²) in [6, 6.07) is 11.4. The lowest BCUT2D eigenvalue weighted by atomic mass is 10.1. The summed E-state index contributed by atoms with van der Waals surface area (Å²) in [6.45, 7) is 0.233. The molecule has 0 saturated heterocycles. The molecule has 0 saturated carbocycles. The minimum absolute atomic E-state index is 0.216. The molecule has 1 amide bonds. The molecule has 25 heavy (non-hydrogen) atoms. The van der Waals surface area contributed by atoms with Crippen LogP contribution in [0.4, 0.5) is 4.39 Å². The molecule has 0 fully saturated rings. The number of amides is 1. The van der Waals surface area contributed by atoms with Gasteiger partial charge in [-0.1, -0.05) is 24.3 Å². The fourth-order valence-electron chi connectivity index (χ4n) is 2.26. The van der Waals surface area contributed by atoms with Crippen LogP contribution in [0.1, 0.15) is 11.1 Å². The second kappa shape index (κ2) is 7.40. The van der Waals surface area contributed by atoms with Crippen molar-refractivity contribution >= 4 is 28.9 Å². The predicted octanol–water partition coefficient (Wildman–Crippen LogP) is 3.34. The van der Waals surface area contributed by atoms with Crippen LogP contribution in [-0.2, 0) is 11.4 Å². The van der Waals surface area contributed by atoms with E-state index in [9.17, 15) is 9.18 Å². The largest absolute Gasteiger partial charge is 0.493 e. The van der Waals surface area contributed by atoms with E-state index in [2.05, 4.69) is 4.99 Å². The van der Waals surface area contributed by atoms with Crippen LogP contribution in [0.3, 0.4) is 0 Å². The van der Waals surface area contributed by atoms with Crippen molar-refractivity contribution in [2.45, 2.75) is 6.61 Å². The molecule has 0 atom stereocenters. The lowest BCUT2D eigenvalue weighted by molar-refractivity contribution is -0.113. The van der Waals surface area contributed by atoms with Crippen LogP contribution in [0.15, 0.2) is 52.4 Å². The number of amidine groups is 1. The summed E-state index contributed by atoms with van der Waals surface area (Å²) >= 11 is 1.11. The van der Waals surface area contributed by atoms with Gasteiger partial charge in [0.1, 0.15) is 12.4 Å². The van der Waals surface area contributed by atoms with E-state index in [1.807, 2.05) is 0 Å². The monoisotopic (exact) mass is 358 g/mol. The number of hydrogen-bond donors (Lipinski definition) is 1. The van der Waals surface area contributed by atoms with Gasteiger partial charge in [-0.25, -0.2) is 4.39 Å². The Morgan fingerprint density at radius 2 is 2.00 bits per heavy atom. The van der Waals surface area contributed by atoms with Gasteiger partial charge in [-0.3, -0.25) is 4.79 Å². The number of nitrogens with two attached hydrogens (primary N) is 1. The second-order valence-electron chi connectivity index (χ2n) is 5.16. The highest BCUT2D eigenvalue weighted by molar-refractivity contribution is 8.18. The molecule has 0 bridgehead atoms. The maximum Gasteiger partial charge on any atom is 0.286 e. The van der Waals surface area contributed by atoms with Crippen LogP contribution in [0.5, 0.6) is 11.5 Å². The lowest BCUT2D eigenvalue weighted by Gasteiger charge is -2.14. The lowest BCUT2D eigenvalue weighted by Crippen LogP contribution is -2.01. The molecular formula is C18H15FN2O3S. The molecule has 1 aliphatic rings. The SMILES string of the molecule is COc1cccc(C=C2SC(N)=NC2=O)c1OCc1ccc(F)cc1. The summed E-state index contributed by atoms with van der Waals surface area (Å²) in [5, 5.41) is 0.216. The molecule has 1 heterocycles. The van der Waals surface area contributed by atoms with E-state index in [0.29, 0.717) is 22.0 Å². The van der Waals surface area contributed by atoms with Crippen LogP contribution in [-0.4, -0.2) is 18.2 Å². The number of carbonyl (C=O) groups excluding carboxylic acids is 1. The maximum absolute atomic E-state index is 13.0. The summed E-state index contributed by atoms with van der Waals surface area (Å²) in [6.07, 6.45) is 1.67. The highest BCUT2D eigenvalue weighted by Crippen LogP contribution is 2.35. The number of thioether (sulfide) groups is 1. The van der Waals surface area contributed by atoms with Gasteiger partial charge >= 0.3 is 0 Å². The molecule has 2 aromatic rings. The molecule has 3 rings (SSSR count). The summed E-state index contributed by atoms with van der Waals surface area (Å²) < 4.78 is 24.2. The van der Waals surface area contributed by atoms with Crippen LogP contribution in [0.2, 0.25) is 0 Å². The number of hydrogen-bond acceptors (Lipinski definition) is 5. The fourth-order valence-corrected chi connectivity index (χ4v) is 2.94. The molecule has 2 aromatic carbocycles. The van der Waals surface area contributed by atoms with Crippen molar-refractivity contribution < 1.29 is 18.7 Å². The van der Waals surface area contributed by atoms with Gasteiger partial charge in [0, 0.05) is 5.56 Å². The summed E-state index contributed by atoms with van der Waals surface area (Å²) in [4.78, 5) is 15.9. The van der Waals surface area contributed by atoms with Gasteiger partial charge in [-0.15, -0.1) is 0 Å². The number of ether oxygens (including phenoxy) is 2. The smallest absolute Gasteiger partial charge is 0.286 e. The molecule has 0 spiro atoms. The molecule has 2 N–H and O–H groups in total. The van der Waals surface area contributed by atoms with E-state index >= 15 is 0 Å². The highest BCUT2D eigenvalue weighted by Gasteiger charge is 2.21. The summed E-state index contributed by atoms with van der Waals surface area (Å²) in [7, 11) is 1.54. The third-order valence-electron chi connectivity index (χ3n) is 3.45. The van der Waals surface area contributed by atoms with E-state index < -0.39 is 0 Å². The molecule has 5 nitrogen and oxygen atoms in total. The van der Waals surface area contributed by atoms with Crippen molar-refractivity contribution in [3.05, 3.63) is 64.3 Å². The molecular weight excluding hydrogens is 343 g/mol. The molecule has 0 aliphatic carbocycles. The molecule has 128 valence electrons. The van der Waals surface area contributed by atoms with E-state index in [-0.39, 0.29) is 23.5 Å². The Balaban J connectivity index is 1.88. The Labute approximate surface area is 148 Å². The van der Waals surface area contributed by atoms with E-state index in [1.54, 1.807) is 36.4 Å². The van der Waals surface area contributed by atoms with Crippen LogP contribution >= 0.6 is 11.8 Å². The Bertz CT molecular complexity index is 863. The Hall–Kier alpha value is -2.80. The first-order chi connectivity index (χ1) is 12.1. The molecule has 1 aliphatic heterocycles. The third kappa shape index (κ3) is 4.00. The first kappa shape index (κ1) is 17.0. The zero-order valence-corrected chi connectivity index (χ0v) is 14.2. The van der Waals surface area contributed by atoms with Crippen molar-refractivity contribution in [2.24, 2.45) is 10.7 Å². The van der Waals surface area contributed by atoms with Gasteiger partial charge in [0.15, 0.2) is 16.7 Å². The predicted molar refractivity (Wildman–Crippen MR) is 95.9 cm³/mol. The van der Waals surface area contributed by atoms with E-state index in [1.165, 1.54) is 19.2 Å². The average molecular weight is 358 g/mol. The molecule has 7 heteroatoms. The number of rotatable bonds is 5.